The summed E-state index contributed by atoms with van der Waals surface area (Å²) in [6.45, 7) is 4.16. The zero-order chi connectivity index (χ0) is 13.7. The minimum Gasteiger partial charge on any atom is -0.494 e. The van der Waals surface area contributed by atoms with Gasteiger partial charge >= 0.3 is 0 Å². The van der Waals surface area contributed by atoms with E-state index in [0.29, 0.717) is 18.7 Å². The van der Waals surface area contributed by atoms with Gasteiger partial charge in [0.1, 0.15) is 5.75 Å². The molecule has 104 valence electrons. The Kier molecular flexibility index (Phi) is 5.08. The molecule has 1 aliphatic heterocycles. The average molecular weight is 282 g/mol. The van der Waals surface area contributed by atoms with Crippen LogP contribution in [0.15, 0.2) is 24.3 Å². The summed E-state index contributed by atoms with van der Waals surface area (Å²) >= 11 is 6.12. The van der Waals surface area contributed by atoms with Crippen LogP contribution in [0.1, 0.15) is 36.5 Å². The third kappa shape index (κ3) is 3.87. The number of nitrogens with zero attached hydrogens (tertiary/aromatic N) is 1. The summed E-state index contributed by atoms with van der Waals surface area (Å²) in [7, 11) is 0. The van der Waals surface area contributed by atoms with E-state index in [1.807, 2.05) is 29.2 Å². The van der Waals surface area contributed by atoms with Crippen LogP contribution in [-0.4, -0.2) is 35.9 Å². The van der Waals surface area contributed by atoms with Gasteiger partial charge in [-0.1, -0.05) is 13.0 Å². The first-order valence-corrected chi connectivity index (χ1v) is 7.30. The fraction of sp³-hybridized carbons (Fsp3) is 0.533. The van der Waals surface area contributed by atoms with E-state index in [4.69, 9.17) is 16.3 Å². The van der Waals surface area contributed by atoms with Crippen LogP contribution in [0, 0.1) is 0 Å². The number of alkyl halides is 1. The predicted octanol–water partition coefficient (Wildman–Crippen LogP) is 3.32. The molecule has 1 fully saturated rings. The molecule has 1 heterocycles. The number of rotatable bonds is 4. The number of likely N-dealkylation sites (tertiary alicyclic amines) is 1. The van der Waals surface area contributed by atoms with E-state index < -0.39 is 0 Å². The molecule has 0 radical (unpaired) electrons. The van der Waals surface area contributed by atoms with Gasteiger partial charge in [0.05, 0.1) is 12.0 Å². The Labute approximate surface area is 119 Å². The second-order valence-corrected chi connectivity index (χ2v) is 5.48. The van der Waals surface area contributed by atoms with E-state index in [2.05, 4.69) is 6.92 Å². The molecule has 1 aromatic carbocycles. The first-order chi connectivity index (χ1) is 9.20. The summed E-state index contributed by atoms with van der Waals surface area (Å²) in [5.41, 5.74) is 0.680. The maximum absolute atomic E-state index is 12.4. The quantitative estimate of drug-likeness (QED) is 0.793. The molecule has 0 spiro atoms. The van der Waals surface area contributed by atoms with Gasteiger partial charge in [-0.25, -0.2) is 0 Å². The molecule has 0 bridgehead atoms. The topological polar surface area (TPSA) is 29.5 Å². The van der Waals surface area contributed by atoms with E-state index in [9.17, 15) is 4.79 Å². The maximum atomic E-state index is 12.4. The van der Waals surface area contributed by atoms with Crippen LogP contribution in [0.25, 0.3) is 0 Å². The number of ether oxygens (including phenoxy) is 1. The lowest BCUT2D eigenvalue weighted by Gasteiger charge is -2.29. The van der Waals surface area contributed by atoms with Gasteiger partial charge < -0.3 is 9.64 Å². The number of halogens is 1. The van der Waals surface area contributed by atoms with Crippen molar-refractivity contribution in [3.8, 4) is 5.75 Å². The van der Waals surface area contributed by atoms with Gasteiger partial charge in [-0.05, 0) is 37.5 Å². The first-order valence-electron chi connectivity index (χ1n) is 6.87. The Morgan fingerprint density at radius 2 is 2.37 bits per heavy atom. The van der Waals surface area contributed by atoms with Crippen LogP contribution in [0.4, 0.5) is 0 Å². The fourth-order valence-electron chi connectivity index (χ4n) is 2.23. The lowest BCUT2D eigenvalue weighted by molar-refractivity contribution is 0.0726. The number of carbonyl (C=O) groups is 1. The first kappa shape index (κ1) is 14.2. The normalized spacial score (nSPS) is 19.3. The third-order valence-corrected chi connectivity index (χ3v) is 3.56. The molecule has 1 amide bonds. The van der Waals surface area contributed by atoms with Crippen molar-refractivity contribution in [2.75, 3.05) is 19.7 Å². The van der Waals surface area contributed by atoms with Crippen molar-refractivity contribution in [3.05, 3.63) is 29.8 Å². The summed E-state index contributed by atoms with van der Waals surface area (Å²) in [5, 5.41) is 0.0808. The highest BCUT2D eigenvalue weighted by atomic mass is 35.5. The molecule has 1 saturated heterocycles. The van der Waals surface area contributed by atoms with Gasteiger partial charge in [0.2, 0.25) is 0 Å². The Bertz CT molecular complexity index is 436. The zero-order valence-electron chi connectivity index (χ0n) is 11.3. The van der Waals surface area contributed by atoms with Crippen molar-refractivity contribution in [3.63, 3.8) is 0 Å². The third-order valence-electron chi connectivity index (χ3n) is 3.20. The number of amides is 1. The fourth-order valence-corrected chi connectivity index (χ4v) is 2.55. The summed E-state index contributed by atoms with van der Waals surface area (Å²) in [5.74, 6) is 0.805. The molecule has 1 unspecified atom stereocenters. The standard InChI is InChI=1S/C15H20ClNO2/c1-2-9-19-14-7-3-5-12(10-14)15(18)17-8-4-6-13(16)11-17/h3,5,7,10,13H,2,4,6,8-9,11H2,1H3. The number of carbonyl (C=O) groups excluding carboxylic acids is 1. The molecule has 1 aromatic rings. The smallest absolute Gasteiger partial charge is 0.254 e. The zero-order valence-corrected chi connectivity index (χ0v) is 12.0. The SMILES string of the molecule is CCCOc1cccc(C(=O)N2CCCC(Cl)C2)c1. The van der Waals surface area contributed by atoms with E-state index in [-0.39, 0.29) is 11.3 Å². The molecule has 4 heteroatoms. The highest BCUT2D eigenvalue weighted by molar-refractivity contribution is 6.21. The lowest BCUT2D eigenvalue weighted by Crippen LogP contribution is -2.40. The van der Waals surface area contributed by atoms with E-state index in [1.54, 1.807) is 0 Å². The van der Waals surface area contributed by atoms with Crippen molar-refractivity contribution in [2.24, 2.45) is 0 Å². The molecule has 0 saturated carbocycles. The van der Waals surface area contributed by atoms with Crippen LogP contribution in [0.5, 0.6) is 5.75 Å². The minimum atomic E-state index is 0.0484. The second kappa shape index (κ2) is 6.80. The van der Waals surface area contributed by atoms with Gasteiger partial charge in [0.25, 0.3) is 5.91 Å². The van der Waals surface area contributed by atoms with Gasteiger partial charge in [-0.15, -0.1) is 11.6 Å². The number of benzene rings is 1. The van der Waals surface area contributed by atoms with Crippen molar-refractivity contribution in [1.29, 1.82) is 0 Å². The summed E-state index contributed by atoms with van der Waals surface area (Å²) in [6.07, 6.45) is 2.93. The average Bonchev–Trinajstić information content (AvgIpc) is 2.44. The van der Waals surface area contributed by atoms with Crippen molar-refractivity contribution >= 4 is 17.5 Å². The molecule has 0 aliphatic carbocycles. The monoisotopic (exact) mass is 281 g/mol. The van der Waals surface area contributed by atoms with Gasteiger partial charge in [0, 0.05) is 18.7 Å². The molecular weight excluding hydrogens is 262 g/mol. The van der Waals surface area contributed by atoms with Crippen molar-refractivity contribution in [1.82, 2.24) is 4.90 Å². The van der Waals surface area contributed by atoms with Gasteiger partial charge in [-0.2, -0.15) is 0 Å². The largest absolute Gasteiger partial charge is 0.494 e. The van der Waals surface area contributed by atoms with Crippen LogP contribution in [-0.2, 0) is 0 Å². The highest BCUT2D eigenvalue weighted by Crippen LogP contribution is 2.20. The molecule has 0 aromatic heterocycles. The lowest BCUT2D eigenvalue weighted by atomic mass is 10.1. The Hall–Kier alpha value is -1.22. The Morgan fingerprint density at radius 3 is 3.11 bits per heavy atom. The summed E-state index contributed by atoms with van der Waals surface area (Å²) in [6, 6.07) is 7.39. The second-order valence-electron chi connectivity index (χ2n) is 4.87. The van der Waals surface area contributed by atoms with Crippen LogP contribution < -0.4 is 4.74 Å². The maximum Gasteiger partial charge on any atom is 0.254 e. The number of piperidine rings is 1. The molecule has 1 aliphatic rings. The molecule has 0 N–H and O–H groups in total. The minimum absolute atomic E-state index is 0.0484. The number of hydrogen-bond acceptors (Lipinski definition) is 2. The number of hydrogen-bond donors (Lipinski definition) is 0. The molecule has 1 atom stereocenters. The summed E-state index contributed by atoms with van der Waals surface area (Å²) in [4.78, 5) is 14.2. The van der Waals surface area contributed by atoms with Crippen LogP contribution >= 0.6 is 11.6 Å². The summed E-state index contributed by atoms with van der Waals surface area (Å²) < 4.78 is 5.56. The van der Waals surface area contributed by atoms with Gasteiger partial charge in [0.15, 0.2) is 0 Å². The van der Waals surface area contributed by atoms with Crippen molar-refractivity contribution in [2.45, 2.75) is 31.6 Å². The highest BCUT2D eigenvalue weighted by Gasteiger charge is 2.23. The van der Waals surface area contributed by atoms with E-state index in [0.717, 1.165) is 31.6 Å². The molecule has 3 nitrogen and oxygen atoms in total. The predicted molar refractivity (Wildman–Crippen MR) is 77.0 cm³/mol. The van der Waals surface area contributed by atoms with Crippen LogP contribution in [0.3, 0.4) is 0 Å². The Morgan fingerprint density at radius 1 is 1.53 bits per heavy atom. The van der Waals surface area contributed by atoms with Gasteiger partial charge in [-0.3, -0.25) is 4.79 Å². The molecule has 2 rings (SSSR count). The Balaban J connectivity index is 2.05. The van der Waals surface area contributed by atoms with Crippen LogP contribution in [0.2, 0.25) is 0 Å². The van der Waals surface area contributed by atoms with Crippen molar-refractivity contribution < 1.29 is 9.53 Å². The molecular formula is C15H20ClNO2. The van der Waals surface area contributed by atoms with E-state index >= 15 is 0 Å². The molecule has 19 heavy (non-hydrogen) atoms. The van der Waals surface area contributed by atoms with E-state index in [1.165, 1.54) is 0 Å².